The van der Waals surface area contributed by atoms with E-state index in [1.165, 1.54) is 12.1 Å². The number of carbonyl (C=O) groups is 1. The van der Waals surface area contributed by atoms with Crippen LogP contribution in [0.25, 0.3) is 11.0 Å². The molecule has 1 aliphatic heterocycles. The van der Waals surface area contributed by atoms with Crippen molar-refractivity contribution in [1.82, 2.24) is 14.9 Å². The highest BCUT2D eigenvalue weighted by Gasteiger charge is 2.38. The van der Waals surface area contributed by atoms with Gasteiger partial charge >= 0.3 is 0 Å². The maximum atomic E-state index is 13.4. The van der Waals surface area contributed by atoms with E-state index in [1.54, 1.807) is 6.07 Å². The number of carbonyl (C=O) groups excluding carboxylic acids is 1. The number of aryl methyl sites for hydroxylation is 1. The van der Waals surface area contributed by atoms with E-state index in [9.17, 15) is 9.18 Å². The van der Waals surface area contributed by atoms with Crippen LogP contribution in [0.2, 0.25) is 0 Å². The van der Waals surface area contributed by atoms with Crippen molar-refractivity contribution in [2.24, 2.45) is 18.2 Å². The zero-order chi connectivity index (χ0) is 17.2. The summed E-state index contributed by atoms with van der Waals surface area (Å²) in [5.74, 6) is 0.512. The number of imidazole rings is 1. The van der Waals surface area contributed by atoms with Crippen LogP contribution >= 0.6 is 0 Å². The highest BCUT2D eigenvalue weighted by atomic mass is 19.1. The fourth-order valence-corrected chi connectivity index (χ4v) is 3.20. The Balaban J connectivity index is 1.64. The number of rotatable bonds is 5. The third-order valence-electron chi connectivity index (χ3n) is 4.89. The van der Waals surface area contributed by atoms with Crippen LogP contribution in [0.5, 0.6) is 0 Å². The summed E-state index contributed by atoms with van der Waals surface area (Å²) < 4.78 is 20.5. The van der Waals surface area contributed by atoms with Gasteiger partial charge in [0.1, 0.15) is 11.6 Å². The van der Waals surface area contributed by atoms with Crippen molar-refractivity contribution < 1.29 is 13.9 Å². The molecule has 1 aromatic heterocycles. The molecule has 2 heterocycles. The first-order valence-electron chi connectivity index (χ1n) is 8.23. The van der Waals surface area contributed by atoms with Gasteiger partial charge in [-0.05, 0) is 31.0 Å². The van der Waals surface area contributed by atoms with Crippen molar-refractivity contribution in [1.29, 1.82) is 0 Å². The fraction of sp³-hybridized carbons (Fsp3) is 0.529. The summed E-state index contributed by atoms with van der Waals surface area (Å²) in [6.45, 7) is 1.94. The largest absolute Gasteiger partial charge is 0.381 e. The molecule has 1 aromatic carbocycles. The second-order valence-corrected chi connectivity index (χ2v) is 6.32. The Bertz CT molecular complexity index is 738. The van der Waals surface area contributed by atoms with Crippen LogP contribution in [0.4, 0.5) is 4.39 Å². The molecular weight excluding hydrogens is 311 g/mol. The van der Waals surface area contributed by atoms with Gasteiger partial charge in [-0.3, -0.25) is 4.79 Å². The SMILES string of the molecule is Cn1c(CCNC(=O)C2(CN)CCOCC2)nc2ccc(F)cc21. The summed E-state index contributed by atoms with van der Waals surface area (Å²) in [6.07, 6.45) is 1.89. The molecule has 1 saturated heterocycles. The molecule has 3 N–H and O–H groups in total. The molecule has 24 heavy (non-hydrogen) atoms. The minimum Gasteiger partial charge on any atom is -0.381 e. The van der Waals surface area contributed by atoms with E-state index in [0.29, 0.717) is 45.6 Å². The molecule has 7 heteroatoms. The Morgan fingerprint density at radius 2 is 2.21 bits per heavy atom. The molecule has 130 valence electrons. The number of aromatic nitrogens is 2. The number of hydrogen-bond acceptors (Lipinski definition) is 4. The van der Waals surface area contributed by atoms with Gasteiger partial charge in [0.25, 0.3) is 0 Å². The zero-order valence-corrected chi connectivity index (χ0v) is 13.8. The number of ether oxygens (including phenoxy) is 1. The summed E-state index contributed by atoms with van der Waals surface area (Å²) in [7, 11) is 1.85. The summed E-state index contributed by atoms with van der Waals surface area (Å²) in [6, 6.07) is 4.53. The van der Waals surface area contributed by atoms with E-state index in [2.05, 4.69) is 10.3 Å². The van der Waals surface area contributed by atoms with Gasteiger partial charge in [0.15, 0.2) is 0 Å². The third-order valence-corrected chi connectivity index (χ3v) is 4.89. The van der Waals surface area contributed by atoms with E-state index >= 15 is 0 Å². The Morgan fingerprint density at radius 3 is 2.92 bits per heavy atom. The van der Waals surface area contributed by atoms with Crippen LogP contribution in [0, 0.1) is 11.2 Å². The minimum absolute atomic E-state index is 0.0156. The number of benzene rings is 1. The van der Waals surface area contributed by atoms with Crippen LogP contribution in [-0.4, -0.2) is 41.8 Å². The molecule has 6 nitrogen and oxygen atoms in total. The van der Waals surface area contributed by atoms with E-state index in [-0.39, 0.29) is 11.7 Å². The zero-order valence-electron chi connectivity index (χ0n) is 13.8. The van der Waals surface area contributed by atoms with Crippen LogP contribution < -0.4 is 11.1 Å². The van der Waals surface area contributed by atoms with Gasteiger partial charge in [-0.25, -0.2) is 9.37 Å². The number of nitrogens with two attached hydrogens (primary N) is 1. The Hall–Kier alpha value is -1.99. The van der Waals surface area contributed by atoms with Gasteiger partial charge in [0.05, 0.1) is 16.4 Å². The average molecular weight is 334 g/mol. The number of hydrogen-bond donors (Lipinski definition) is 2. The molecule has 0 saturated carbocycles. The minimum atomic E-state index is -0.520. The summed E-state index contributed by atoms with van der Waals surface area (Å²) >= 11 is 0. The number of nitrogens with one attached hydrogen (secondary N) is 1. The van der Waals surface area contributed by atoms with Crippen LogP contribution in [-0.2, 0) is 23.0 Å². The van der Waals surface area contributed by atoms with Crippen molar-refractivity contribution >= 4 is 16.9 Å². The number of nitrogens with zero attached hydrogens (tertiary/aromatic N) is 2. The van der Waals surface area contributed by atoms with Crippen LogP contribution in [0.3, 0.4) is 0 Å². The standard InChI is InChI=1S/C17H23FN4O2/c1-22-14-10-12(18)2-3-13(14)21-15(22)4-7-20-16(23)17(11-19)5-8-24-9-6-17/h2-3,10H,4-9,11,19H2,1H3,(H,20,23). The highest BCUT2D eigenvalue weighted by Crippen LogP contribution is 2.29. The normalized spacial score (nSPS) is 17.1. The van der Waals surface area contributed by atoms with Crippen molar-refractivity contribution in [3.63, 3.8) is 0 Å². The van der Waals surface area contributed by atoms with Crippen molar-refractivity contribution in [2.45, 2.75) is 19.3 Å². The molecule has 3 rings (SSSR count). The van der Waals surface area contributed by atoms with Gasteiger partial charge in [0.2, 0.25) is 5.91 Å². The van der Waals surface area contributed by atoms with Gasteiger partial charge in [-0.15, -0.1) is 0 Å². The molecule has 0 bridgehead atoms. The van der Waals surface area contributed by atoms with E-state index in [4.69, 9.17) is 10.5 Å². The summed E-state index contributed by atoms with van der Waals surface area (Å²) in [5.41, 5.74) is 6.82. The van der Waals surface area contributed by atoms with Crippen LogP contribution in [0.1, 0.15) is 18.7 Å². The second kappa shape index (κ2) is 6.86. The smallest absolute Gasteiger partial charge is 0.227 e. The monoisotopic (exact) mass is 334 g/mol. The molecule has 1 amide bonds. The van der Waals surface area contributed by atoms with Gasteiger partial charge < -0.3 is 20.4 Å². The molecular formula is C17H23FN4O2. The Labute approximate surface area is 140 Å². The number of halogens is 1. The first-order valence-corrected chi connectivity index (χ1v) is 8.23. The van der Waals surface area contributed by atoms with Gasteiger partial charge in [-0.1, -0.05) is 0 Å². The number of fused-ring (bicyclic) bond motifs is 1. The quantitative estimate of drug-likeness (QED) is 0.859. The highest BCUT2D eigenvalue weighted by molar-refractivity contribution is 5.83. The maximum absolute atomic E-state index is 13.4. The van der Waals surface area contributed by atoms with Gasteiger partial charge in [0, 0.05) is 39.8 Å². The number of amides is 1. The fourth-order valence-electron chi connectivity index (χ4n) is 3.20. The Morgan fingerprint density at radius 1 is 1.46 bits per heavy atom. The average Bonchev–Trinajstić information content (AvgIpc) is 2.91. The topological polar surface area (TPSA) is 82.2 Å². The molecule has 0 radical (unpaired) electrons. The van der Waals surface area contributed by atoms with E-state index in [0.717, 1.165) is 16.9 Å². The molecule has 0 unspecified atom stereocenters. The predicted octanol–water partition coefficient (Wildman–Crippen LogP) is 1.13. The lowest BCUT2D eigenvalue weighted by atomic mass is 9.79. The molecule has 0 atom stereocenters. The Kier molecular flexibility index (Phi) is 4.82. The maximum Gasteiger partial charge on any atom is 0.227 e. The summed E-state index contributed by atoms with van der Waals surface area (Å²) in [4.78, 5) is 17.0. The summed E-state index contributed by atoms with van der Waals surface area (Å²) in [5, 5.41) is 2.97. The first-order chi connectivity index (χ1) is 11.6. The third kappa shape index (κ3) is 3.14. The second-order valence-electron chi connectivity index (χ2n) is 6.32. The molecule has 0 spiro atoms. The van der Waals surface area contributed by atoms with Gasteiger partial charge in [-0.2, -0.15) is 0 Å². The molecule has 1 aliphatic rings. The first kappa shape index (κ1) is 16.9. The van der Waals surface area contributed by atoms with Crippen molar-refractivity contribution in [3.05, 3.63) is 29.8 Å². The van der Waals surface area contributed by atoms with Crippen LogP contribution in [0.15, 0.2) is 18.2 Å². The van der Waals surface area contributed by atoms with Crippen molar-refractivity contribution in [3.8, 4) is 0 Å². The molecule has 1 fully saturated rings. The lowest BCUT2D eigenvalue weighted by Gasteiger charge is -2.34. The van der Waals surface area contributed by atoms with E-state index in [1.807, 2.05) is 11.6 Å². The molecule has 0 aliphatic carbocycles. The lowest BCUT2D eigenvalue weighted by molar-refractivity contribution is -0.135. The predicted molar refractivity (Wildman–Crippen MR) is 88.9 cm³/mol. The lowest BCUT2D eigenvalue weighted by Crippen LogP contribution is -2.49. The van der Waals surface area contributed by atoms with Crippen molar-refractivity contribution in [2.75, 3.05) is 26.3 Å². The van der Waals surface area contributed by atoms with E-state index < -0.39 is 5.41 Å². The molecule has 2 aromatic rings.